The van der Waals surface area contributed by atoms with E-state index in [0.29, 0.717) is 15.7 Å². The summed E-state index contributed by atoms with van der Waals surface area (Å²) < 4.78 is 0. The van der Waals surface area contributed by atoms with Crippen LogP contribution in [0.4, 0.5) is 10.5 Å². The number of anilines is 1. The number of rotatable bonds is 1. The maximum atomic E-state index is 12.6. The Balaban J connectivity index is 1.68. The van der Waals surface area contributed by atoms with Gasteiger partial charge in [-0.1, -0.05) is 23.2 Å². The molecule has 120 valence electrons. The molecule has 2 aliphatic heterocycles. The molecule has 0 radical (unpaired) electrons. The van der Waals surface area contributed by atoms with Crippen LogP contribution in [-0.2, 0) is 0 Å². The Kier molecular flexibility index (Phi) is 4.53. The van der Waals surface area contributed by atoms with E-state index in [1.807, 2.05) is 4.90 Å². The minimum Gasteiger partial charge on any atom is -0.324 e. The topological polar surface area (TPSA) is 35.6 Å². The number of benzene rings is 1. The smallest absolute Gasteiger partial charge is 0.321 e. The van der Waals surface area contributed by atoms with Crippen molar-refractivity contribution in [1.29, 1.82) is 0 Å². The molecule has 22 heavy (non-hydrogen) atoms. The molecule has 0 bridgehead atoms. The first-order valence-electron chi connectivity index (χ1n) is 7.67. The minimum atomic E-state index is -0.0854. The molecule has 1 N–H and O–H groups in total. The Morgan fingerprint density at radius 3 is 2.77 bits per heavy atom. The molecule has 2 fully saturated rings. The number of halogens is 2. The van der Waals surface area contributed by atoms with Crippen LogP contribution in [0.15, 0.2) is 18.2 Å². The summed E-state index contributed by atoms with van der Waals surface area (Å²) in [6.07, 6.45) is 3.44. The van der Waals surface area contributed by atoms with Gasteiger partial charge in [-0.05, 0) is 51.1 Å². The van der Waals surface area contributed by atoms with E-state index in [0.717, 1.165) is 32.6 Å². The van der Waals surface area contributed by atoms with Gasteiger partial charge in [0.25, 0.3) is 0 Å². The number of hydrogen-bond acceptors (Lipinski definition) is 2. The molecule has 2 heterocycles. The highest BCUT2D eigenvalue weighted by atomic mass is 35.5. The second-order valence-corrected chi connectivity index (χ2v) is 7.41. The first-order chi connectivity index (χ1) is 10.5. The van der Waals surface area contributed by atoms with Gasteiger partial charge in [0.2, 0.25) is 0 Å². The SMILES string of the molecule is CN1CC[C@@]2(CCCN(C(=O)Nc3cc(Cl)ccc3Cl)C2)C1. The summed E-state index contributed by atoms with van der Waals surface area (Å²) >= 11 is 12.1. The van der Waals surface area contributed by atoms with Crippen LogP contribution in [0.3, 0.4) is 0 Å². The van der Waals surface area contributed by atoms with Crippen molar-refractivity contribution in [3.63, 3.8) is 0 Å². The Morgan fingerprint density at radius 2 is 2.05 bits per heavy atom. The Labute approximate surface area is 141 Å². The Hall–Kier alpha value is -0.970. The molecule has 1 atom stereocenters. The fourth-order valence-electron chi connectivity index (χ4n) is 3.66. The highest BCUT2D eigenvalue weighted by molar-refractivity contribution is 6.35. The predicted molar refractivity (Wildman–Crippen MR) is 90.8 cm³/mol. The maximum absolute atomic E-state index is 12.6. The molecular formula is C16H21Cl2N3O. The van der Waals surface area contributed by atoms with Gasteiger partial charge in [-0.2, -0.15) is 0 Å². The molecule has 3 rings (SSSR count). The summed E-state index contributed by atoms with van der Waals surface area (Å²) in [5.41, 5.74) is 0.838. The van der Waals surface area contributed by atoms with E-state index in [1.54, 1.807) is 18.2 Å². The zero-order chi connectivity index (χ0) is 15.7. The first-order valence-corrected chi connectivity index (χ1v) is 8.43. The van der Waals surface area contributed by atoms with Crippen LogP contribution >= 0.6 is 23.2 Å². The molecule has 2 amide bonds. The molecular weight excluding hydrogens is 321 g/mol. The van der Waals surface area contributed by atoms with Crippen molar-refractivity contribution in [2.45, 2.75) is 19.3 Å². The van der Waals surface area contributed by atoms with Gasteiger partial charge in [-0.3, -0.25) is 0 Å². The quantitative estimate of drug-likeness (QED) is 0.839. The highest BCUT2D eigenvalue weighted by Crippen LogP contribution is 2.38. The normalized spacial score (nSPS) is 25.7. The van der Waals surface area contributed by atoms with E-state index in [-0.39, 0.29) is 11.4 Å². The number of carbonyl (C=O) groups excluding carboxylic acids is 1. The van der Waals surface area contributed by atoms with Crippen molar-refractivity contribution in [1.82, 2.24) is 9.80 Å². The number of piperidine rings is 1. The number of nitrogens with zero attached hydrogens (tertiary/aromatic N) is 2. The molecule has 1 aromatic carbocycles. The van der Waals surface area contributed by atoms with Gasteiger partial charge in [0.05, 0.1) is 10.7 Å². The van der Waals surface area contributed by atoms with E-state index < -0.39 is 0 Å². The Bertz CT molecular complexity index is 577. The van der Waals surface area contributed by atoms with Gasteiger partial charge in [-0.25, -0.2) is 4.79 Å². The molecule has 1 aromatic rings. The molecule has 0 unspecified atom stereocenters. The van der Waals surface area contributed by atoms with Crippen molar-refractivity contribution in [3.8, 4) is 0 Å². The fraction of sp³-hybridized carbons (Fsp3) is 0.562. The molecule has 4 nitrogen and oxygen atoms in total. The van der Waals surface area contributed by atoms with Crippen molar-refractivity contribution in [3.05, 3.63) is 28.2 Å². The number of likely N-dealkylation sites (tertiary alicyclic amines) is 2. The number of carbonyl (C=O) groups is 1. The van der Waals surface area contributed by atoms with Crippen LogP contribution in [0.1, 0.15) is 19.3 Å². The number of nitrogens with one attached hydrogen (secondary N) is 1. The zero-order valence-electron chi connectivity index (χ0n) is 12.7. The summed E-state index contributed by atoms with van der Waals surface area (Å²) in [6, 6.07) is 5.01. The monoisotopic (exact) mass is 341 g/mol. The van der Waals surface area contributed by atoms with Crippen LogP contribution < -0.4 is 5.32 Å². The third kappa shape index (κ3) is 3.34. The van der Waals surface area contributed by atoms with Crippen molar-refractivity contribution in [2.24, 2.45) is 5.41 Å². The van der Waals surface area contributed by atoms with Gasteiger partial charge < -0.3 is 15.1 Å². The van der Waals surface area contributed by atoms with E-state index in [9.17, 15) is 4.79 Å². The standard InChI is InChI=1S/C16H21Cl2N3O/c1-20-8-6-16(10-20)5-2-7-21(11-16)15(22)19-14-9-12(17)3-4-13(14)18/h3-4,9H,2,5-8,10-11H2,1H3,(H,19,22)/t16-/m0/s1. The van der Waals surface area contributed by atoms with Crippen LogP contribution in [-0.4, -0.2) is 49.1 Å². The molecule has 1 spiro atoms. The van der Waals surface area contributed by atoms with Crippen molar-refractivity contribution in [2.75, 3.05) is 38.5 Å². The first kappa shape index (κ1) is 15.9. The zero-order valence-corrected chi connectivity index (χ0v) is 14.3. The van der Waals surface area contributed by atoms with Gasteiger partial charge >= 0.3 is 6.03 Å². The number of hydrogen-bond donors (Lipinski definition) is 1. The van der Waals surface area contributed by atoms with Crippen LogP contribution in [0, 0.1) is 5.41 Å². The maximum Gasteiger partial charge on any atom is 0.321 e. The van der Waals surface area contributed by atoms with Crippen LogP contribution in [0.25, 0.3) is 0 Å². The van der Waals surface area contributed by atoms with E-state index in [2.05, 4.69) is 17.3 Å². The summed E-state index contributed by atoms with van der Waals surface area (Å²) in [4.78, 5) is 16.8. The lowest BCUT2D eigenvalue weighted by Gasteiger charge is -2.40. The minimum absolute atomic E-state index is 0.0854. The summed E-state index contributed by atoms with van der Waals surface area (Å²) in [6.45, 7) is 3.82. The third-order valence-corrected chi connectivity index (χ3v) is 5.31. The molecule has 0 saturated carbocycles. The second kappa shape index (κ2) is 6.26. The van der Waals surface area contributed by atoms with Crippen LogP contribution in [0.2, 0.25) is 10.0 Å². The molecule has 0 aliphatic carbocycles. The average Bonchev–Trinajstić information content (AvgIpc) is 2.83. The lowest BCUT2D eigenvalue weighted by atomic mass is 9.79. The molecule has 6 heteroatoms. The fourth-order valence-corrected chi connectivity index (χ4v) is 4.00. The van der Waals surface area contributed by atoms with Gasteiger partial charge in [0.15, 0.2) is 0 Å². The van der Waals surface area contributed by atoms with E-state index in [4.69, 9.17) is 23.2 Å². The van der Waals surface area contributed by atoms with Crippen LogP contribution in [0.5, 0.6) is 0 Å². The van der Waals surface area contributed by atoms with Gasteiger partial charge in [0, 0.05) is 30.1 Å². The summed E-state index contributed by atoms with van der Waals surface area (Å²) in [5, 5.41) is 3.96. The second-order valence-electron chi connectivity index (χ2n) is 6.57. The number of amides is 2. The largest absolute Gasteiger partial charge is 0.324 e. The summed E-state index contributed by atoms with van der Waals surface area (Å²) in [7, 11) is 2.15. The molecule has 2 aliphatic rings. The van der Waals surface area contributed by atoms with E-state index in [1.165, 1.54) is 12.8 Å². The van der Waals surface area contributed by atoms with Gasteiger partial charge in [0.1, 0.15) is 0 Å². The predicted octanol–water partition coefficient (Wildman–Crippen LogP) is 3.94. The lowest BCUT2D eigenvalue weighted by molar-refractivity contribution is 0.117. The van der Waals surface area contributed by atoms with Crippen molar-refractivity contribution < 1.29 is 4.79 Å². The van der Waals surface area contributed by atoms with E-state index >= 15 is 0 Å². The van der Waals surface area contributed by atoms with Crippen molar-refractivity contribution >= 4 is 34.9 Å². The molecule has 2 saturated heterocycles. The highest BCUT2D eigenvalue weighted by Gasteiger charge is 2.41. The number of urea groups is 1. The lowest BCUT2D eigenvalue weighted by Crippen LogP contribution is -2.48. The Morgan fingerprint density at radius 1 is 1.23 bits per heavy atom. The van der Waals surface area contributed by atoms with Gasteiger partial charge in [-0.15, -0.1) is 0 Å². The average molecular weight is 342 g/mol. The summed E-state index contributed by atoms with van der Waals surface area (Å²) in [5.74, 6) is 0. The third-order valence-electron chi connectivity index (χ3n) is 4.75. The molecule has 0 aromatic heterocycles.